The fourth-order valence-electron chi connectivity index (χ4n) is 3.14. The molecule has 0 aliphatic carbocycles. The standard InChI is InChI=1S/C22H42O4Si2/c1-10-28(11-2,12-3)16-15-20-21(26-27(8,9)22(5,6)7)14-13-19(25-20)17-24-18(4)23/h13-16,19-21H,10-12,17H2,1-9H3/b16-15+/t19-,20+,21+/m0/s1. The number of esters is 1. The van der Waals surface area contributed by atoms with Gasteiger partial charge in [-0.25, -0.2) is 0 Å². The van der Waals surface area contributed by atoms with E-state index in [1.54, 1.807) is 0 Å². The Morgan fingerprint density at radius 2 is 1.68 bits per heavy atom. The summed E-state index contributed by atoms with van der Waals surface area (Å²) in [5, 5.41) is 0.137. The van der Waals surface area contributed by atoms with Crippen molar-refractivity contribution in [1.29, 1.82) is 0 Å². The average Bonchev–Trinajstić information content (AvgIpc) is 2.62. The maximum absolute atomic E-state index is 11.2. The molecule has 0 unspecified atom stereocenters. The van der Waals surface area contributed by atoms with Gasteiger partial charge >= 0.3 is 5.97 Å². The van der Waals surface area contributed by atoms with Gasteiger partial charge in [0, 0.05) is 6.92 Å². The van der Waals surface area contributed by atoms with Gasteiger partial charge in [-0.05, 0) is 18.1 Å². The summed E-state index contributed by atoms with van der Waals surface area (Å²) in [6.07, 6.45) is 5.87. The van der Waals surface area contributed by atoms with E-state index in [0.29, 0.717) is 0 Å². The topological polar surface area (TPSA) is 44.8 Å². The molecule has 1 aliphatic rings. The van der Waals surface area contributed by atoms with E-state index in [1.165, 1.54) is 25.1 Å². The van der Waals surface area contributed by atoms with Crippen LogP contribution >= 0.6 is 0 Å². The van der Waals surface area contributed by atoms with E-state index in [2.05, 4.69) is 72.5 Å². The molecule has 0 fully saturated rings. The van der Waals surface area contributed by atoms with Crippen LogP contribution in [-0.2, 0) is 18.7 Å². The van der Waals surface area contributed by atoms with E-state index in [1.807, 2.05) is 6.08 Å². The minimum atomic E-state index is -1.93. The van der Waals surface area contributed by atoms with Crippen molar-refractivity contribution in [1.82, 2.24) is 0 Å². The van der Waals surface area contributed by atoms with Crippen molar-refractivity contribution >= 4 is 22.4 Å². The number of rotatable bonds is 9. The monoisotopic (exact) mass is 426 g/mol. The van der Waals surface area contributed by atoms with Crippen LogP contribution in [0.25, 0.3) is 0 Å². The first-order valence-corrected chi connectivity index (χ1v) is 16.3. The minimum absolute atomic E-state index is 0.0945. The van der Waals surface area contributed by atoms with E-state index < -0.39 is 16.4 Å². The van der Waals surface area contributed by atoms with Gasteiger partial charge in [0.05, 0.1) is 14.2 Å². The summed E-state index contributed by atoms with van der Waals surface area (Å²) in [5.41, 5.74) is 2.46. The van der Waals surface area contributed by atoms with Crippen molar-refractivity contribution in [2.45, 2.75) is 103 Å². The van der Waals surface area contributed by atoms with Crippen LogP contribution in [0.3, 0.4) is 0 Å². The van der Waals surface area contributed by atoms with E-state index in [9.17, 15) is 4.79 Å². The van der Waals surface area contributed by atoms with Crippen molar-refractivity contribution in [3.05, 3.63) is 23.9 Å². The van der Waals surface area contributed by atoms with Gasteiger partial charge in [0.25, 0.3) is 0 Å². The maximum atomic E-state index is 11.2. The van der Waals surface area contributed by atoms with Crippen LogP contribution in [0.5, 0.6) is 0 Å². The van der Waals surface area contributed by atoms with Crippen LogP contribution in [0.4, 0.5) is 0 Å². The van der Waals surface area contributed by atoms with Gasteiger partial charge in [0.2, 0.25) is 0 Å². The molecule has 0 bridgehead atoms. The lowest BCUT2D eigenvalue weighted by Crippen LogP contribution is -2.48. The molecule has 0 saturated heterocycles. The van der Waals surface area contributed by atoms with Crippen molar-refractivity contribution in [3.63, 3.8) is 0 Å². The number of hydrogen-bond donors (Lipinski definition) is 0. The van der Waals surface area contributed by atoms with Gasteiger partial charge in [-0.15, -0.1) is 0 Å². The predicted molar refractivity (Wildman–Crippen MR) is 123 cm³/mol. The first kappa shape index (κ1) is 25.3. The molecule has 3 atom stereocenters. The third-order valence-corrected chi connectivity index (χ3v) is 16.2. The Hall–Kier alpha value is -0.696. The molecule has 0 spiro atoms. The summed E-state index contributed by atoms with van der Waals surface area (Å²) >= 11 is 0. The molecule has 1 aliphatic heterocycles. The first-order chi connectivity index (χ1) is 12.9. The van der Waals surface area contributed by atoms with Gasteiger partial charge in [0.15, 0.2) is 8.32 Å². The molecule has 0 N–H and O–H groups in total. The fourth-order valence-corrected chi connectivity index (χ4v) is 7.19. The SMILES string of the molecule is CC[Si](/C=C/[C@H]1O[C@H](COC(C)=O)C=C[C@H]1O[Si](C)(C)C(C)(C)C)(CC)CC. The fraction of sp³-hybridized carbons (Fsp3) is 0.773. The first-order valence-electron chi connectivity index (χ1n) is 10.7. The lowest BCUT2D eigenvalue weighted by molar-refractivity contribution is -0.146. The maximum Gasteiger partial charge on any atom is 0.302 e. The number of carbonyl (C=O) groups excluding carboxylic acids is 1. The Morgan fingerprint density at radius 1 is 1.11 bits per heavy atom. The van der Waals surface area contributed by atoms with E-state index >= 15 is 0 Å². The Morgan fingerprint density at radius 3 is 2.14 bits per heavy atom. The van der Waals surface area contributed by atoms with Gasteiger partial charge in [0.1, 0.15) is 18.8 Å². The normalized spacial score (nSPS) is 24.0. The van der Waals surface area contributed by atoms with Crippen LogP contribution in [0.15, 0.2) is 23.9 Å². The highest BCUT2D eigenvalue weighted by Crippen LogP contribution is 2.38. The smallest absolute Gasteiger partial charge is 0.302 e. The summed E-state index contributed by atoms with van der Waals surface area (Å²) in [6.45, 7) is 19.9. The van der Waals surface area contributed by atoms with Gasteiger partial charge < -0.3 is 13.9 Å². The molecular formula is C22H42O4Si2. The highest BCUT2D eigenvalue weighted by Gasteiger charge is 2.41. The molecule has 6 heteroatoms. The molecule has 0 aromatic heterocycles. The zero-order chi connectivity index (χ0) is 21.6. The van der Waals surface area contributed by atoms with Crippen molar-refractivity contribution < 1.29 is 18.7 Å². The molecule has 1 heterocycles. The van der Waals surface area contributed by atoms with Gasteiger partial charge in [-0.1, -0.05) is 83.6 Å². The van der Waals surface area contributed by atoms with Crippen LogP contribution < -0.4 is 0 Å². The average molecular weight is 427 g/mol. The van der Waals surface area contributed by atoms with E-state index in [4.69, 9.17) is 13.9 Å². The van der Waals surface area contributed by atoms with Gasteiger partial charge in [-0.2, -0.15) is 0 Å². The molecule has 0 radical (unpaired) electrons. The number of carbonyl (C=O) groups is 1. The highest BCUT2D eigenvalue weighted by molar-refractivity contribution is 6.84. The molecule has 1 rings (SSSR count). The Kier molecular flexibility index (Phi) is 9.38. The summed E-state index contributed by atoms with van der Waals surface area (Å²) < 4.78 is 18.2. The zero-order valence-electron chi connectivity index (χ0n) is 19.5. The lowest BCUT2D eigenvalue weighted by Gasteiger charge is -2.42. The Labute approximate surface area is 174 Å². The second-order valence-corrected chi connectivity index (χ2v) is 19.4. The second kappa shape index (κ2) is 10.4. The second-order valence-electron chi connectivity index (χ2n) is 9.45. The number of ether oxygens (including phenoxy) is 2. The number of hydrogen-bond acceptors (Lipinski definition) is 4. The zero-order valence-corrected chi connectivity index (χ0v) is 21.5. The van der Waals surface area contributed by atoms with Crippen LogP contribution in [0.1, 0.15) is 48.5 Å². The highest BCUT2D eigenvalue weighted by atomic mass is 28.4. The summed E-state index contributed by atoms with van der Waals surface area (Å²) in [4.78, 5) is 11.2. The van der Waals surface area contributed by atoms with Crippen LogP contribution in [0, 0.1) is 0 Å². The Balaban J connectivity index is 3.08. The van der Waals surface area contributed by atoms with Crippen molar-refractivity contribution in [2.24, 2.45) is 0 Å². The molecule has 4 nitrogen and oxygen atoms in total. The van der Waals surface area contributed by atoms with Crippen LogP contribution in [-0.4, -0.2) is 47.3 Å². The quantitative estimate of drug-likeness (QED) is 0.263. The third-order valence-electron chi connectivity index (χ3n) is 6.61. The molecular weight excluding hydrogens is 384 g/mol. The lowest BCUT2D eigenvalue weighted by atomic mass is 10.1. The van der Waals surface area contributed by atoms with Gasteiger partial charge in [-0.3, -0.25) is 4.79 Å². The largest absolute Gasteiger partial charge is 0.463 e. The summed E-state index contributed by atoms with van der Waals surface area (Å²) in [7, 11) is -3.33. The summed E-state index contributed by atoms with van der Waals surface area (Å²) in [5.74, 6) is -0.280. The predicted octanol–water partition coefficient (Wildman–Crippen LogP) is 5.87. The molecule has 0 aromatic carbocycles. The molecule has 0 amide bonds. The molecule has 0 saturated carbocycles. The van der Waals surface area contributed by atoms with E-state index in [0.717, 1.165) is 0 Å². The Bertz CT molecular complexity index is 551. The minimum Gasteiger partial charge on any atom is -0.463 e. The van der Waals surface area contributed by atoms with Crippen molar-refractivity contribution in [2.75, 3.05) is 6.61 Å². The summed E-state index contributed by atoms with van der Waals surface area (Å²) in [6, 6.07) is 3.72. The molecule has 28 heavy (non-hydrogen) atoms. The van der Waals surface area contributed by atoms with E-state index in [-0.39, 0.29) is 35.9 Å². The third kappa shape index (κ3) is 6.97. The molecule has 162 valence electrons. The van der Waals surface area contributed by atoms with Crippen molar-refractivity contribution in [3.8, 4) is 0 Å². The molecule has 0 aromatic rings. The van der Waals surface area contributed by atoms with Crippen LogP contribution in [0.2, 0.25) is 36.3 Å².